The number of hydrogen-bond acceptors (Lipinski definition) is 4. The van der Waals surface area contributed by atoms with Gasteiger partial charge in [0.25, 0.3) is 0 Å². The Morgan fingerprint density at radius 1 is 1.02 bits per heavy atom. The second-order valence-electron chi connectivity index (χ2n) is 10.1. The molecule has 2 aliphatic heterocycles. The molecular weight excluding hydrogens is 586 g/mol. The molecule has 0 aromatic heterocycles. The van der Waals surface area contributed by atoms with Crippen LogP contribution in [0, 0.1) is 11.6 Å². The van der Waals surface area contributed by atoms with Gasteiger partial charge in [0.1, 0.15) is 24.1 Å². The molecule has 1 atom stereocenters. The van der Waals surface area contributed by atoms with Gasteiger partial charge in [0.05, 0.1) is 53.1 Å². The predicted octanol–water partition coefficient (Wildman–Crippen LogP) is 6.57. The summed E-state index contributed by atoms with van der Waals surface area (Å²) in [4.78, 5) is 2.75. The van der Waals surface area contributed by atoms with E-state index < -0.39 is 41.3 Å². The summed E-state index contributed by atoms with van der Waals surface area (Å²) in [6.07, 6.45) is -4.82. The van der Waals surface area contributed by atoms with Crippen LogP contribution in [0.2, 0.25) is 5.02 Å². The number of hydrogen-bond donors (Lipinski definition) is 2. The molecule has 3 aromatic rings. The van der Waals surface area contributed by atoms with E-state index in [1.807, 2.05) is 0 Å². The summed E-state index contributed by atoms with van der Waals surface area (Å²) < 4.78 is 82.8. The Balaban J connectivity index is 1.76. The Morgan fingerprint density at radius 3 is 2.35 bits per heavy atom. The molecule has 0 saturated carbocycles. The minimum absolute atomic E-state index is 0.106. The average molecular weight is 606 g/mol. The summed E-state index contributed by atoms with van der Waals surface area (Å²) in [5.74, 6) is -1.58. The van der Waals surface area contributed by atoms with Crippen LogP contribution in [0.25, 0.3) is 11.4 Å². The molecule has 0 spiro atoms. The first kappa shape index (κ1) is 30.6. The highest BCUT2D eigenvalue weighted by atomic mass is 35.5. The smallest absolute Gasteiger partial charge is 0.374 e. The van der Waals surface area contributed by atoms with E-state index in [1.54, 1.807) is 0 Å². The number of nitrogens with zero attached hydrogens (tertiary/aromatic N) is 2. The molecule has 0 aliphatic carbocycles. The molecule has 0 bridgehead atoms. The molecular formula is C29H20B3ClF6N4. The highest BCUT2D eigenvalue weighted by molar-refractivity contribution is 6.61. The zero-order chi connectivity index (χ0) is 31.6. The van der Waals surface area contributed by atoms with Crippen LogP contribution < -0.4 is 20.4 Å². The van der Waals surface area contributed by atoms with Crippen molar-refractivity contribution in [2.75, 3.05) is 28.3 Å². The molecule has 1 unspecified atom stereocenters. The van der Waals surface area contributed by atoms with E-state index in [2.05, 4.69) is 30.4 Å². The lowest BCUT2D eigenvalue weighted by Crippen LogP contribution is -2.51. The molecule has 5 rings (SSSR count). The zero-order valence-electron chi connectivity index (χ0n) is 22.4. The minimum Gasteiger partial charge on any atom is -0.374 e. The third kappa shape index (κ3) is 5.39. The molecule has 2 heterocycles. The average Bonchev–Trinajstić information content (AvgIpc) is 3.39. The van der Waals surface area contributed by atoms with Crippen LogP contribution >= 0.6 is 11.6 Å². The standard InChI is InChI=1S/C29H20B3ClF6N4/c1-13(16-8-17(28(37,38)39)10-19(36)9-16)40-22-12-23-27(43(29(30,31)32)15(3)42(23)7-6-34)24-14(2)41-26(25(22)24)20-11-18(35)4-5-21(20)33/h4-5,8-12,26,40-41H,1-3,6-7H2. The monoisotopic (exact) mass is 606 g/mol. The third-order valence-corrected chi connectivity index (χ3v) is 7.48. The van der Waals surface area contributed by atoms with Crippen LogP contribution in [-0.4, -0.2) is 42.0 Å². The van der Waals surface area contributed by atoms with E-state index in [4.69, 9.17) is 35.1 Å². The maximum absolute atomic E-state index is 14.4. The fourth-order valence-corrected chi connectivity index (χ4v) is 5.63. The van der Waals surface area contributed by atoms with Crippen molar-refractivity contribution < 1.29 is 26.3 Å². The van der Waals surface area contributed by atoms with Gasteiger partial charge in [0, 0.05) is 44.4 Å². The molecule has 0 amide bonds. The normalized spacial score (nSPS) is 16.3. The van der Waals surface area contributed by atoms with Crippen LogP contribution in [0.1, 0.15) is 33.9 Å². The van der Waals surface area contributed by atoms with Gasteiger partial charge >= 0.3 is 6.18 Å². The van der Waals surface area contributed by atoms with Crippen molar-refractivity contribution in [1.82, 2.24) is 5.32 Å². The van der Waals surface area contributed by atoms with Gasteiger partial charge in [-0.3, -0.25) is 0 Å². The maximum atomic E-state index is 14.4. The van der Waals surface area contributed by atoms with Crippen LogP contribution in [0.15, 0.2) is 68.0 Å². The van der Waals surface area contributed by atoms with Gasteiger partial charge < -0.3 is 20.4 Å². The van der Waals surface area contributed by atoms with Gasteiger partial charge in [-0.1, -0.05) is 36.6 Å². The lowest BCUT2D eigenvalue weighted by Gasteiger charge is -2.38. The molecule has 43 heavy (non-hydrogen) atoms. The Hall–Kier alpha value is -3.86. The van der Waals surface area contributed by atoms with Crippen molar-refractivity contribution in [3.8, 4) is 0 Å². The van der Waals surface area contributed by atoms with Crippen molar-refractivity contribution in [1.29, 1.82) is 0 Å². The lowest BCUT2D eigenvalue weighted by molar-refractivity contribution is -0.137. The molecule has 2 N–H and O–H groups in total. The van der Waals surface area contributed by atoms with E-state index in [-0.39, 0.29) is 34.3 Å². The van der Waals surface area contributed by atoms with Crippen molar-refractivity contribution in [2.45, 2.75) is 17.5 Å². The van der Waals surface area contributed by atoms with E-state index >= 15 is 0 Å². The Morgan fingerprint density at radius 2 is 1.72 bits per heavy atom. The van der Waals surface area contributed by atoms with E-state index in [9.17, 15) is 26.3 Å². The summed E-state index contributed by atoms with van der Waals surface area (Å²) in [7, 11) is 18.3. The van der Waals surface area contributed by atoms with Gasteiger partial charge in [-0.25, -0.2) is 13.2 Å². The summed E-state index contributed by atoms with van der Waals surface area (Å²) in [5.41, 5.74) is 0.674. The molecule has 2 aliphatic rings. The SMILES string of the molecule is [B]C([B])([B])N1C(=C)N(CCF)c2cc(NC(=C)c3cc(F)cc(C(F)(F)F)c3)c3c(c21)C(=C)NC3c1cc(F)ccc1Cl. The van der Waals surface area contributed by atoms with Gasteiger partial charge in [0.15, 0.2) is 0 Å². The van der Waals surface area contributed by atoms with Crippen molar-refractivity contribution >= 4 is 63.6 Å². The first-order chi connectivity index (χ1) is 20.0. The predicted molar refractivity (Wildman–Crippen MR) is 161 cm³/mol. The summed E-state index contributed by atoms with van der Waals surface area (Å²) >= 11 is 6.47. The molecule has 0 saturated heterocycles. The number of rotatable bonds is 7. The third-order valence-electron chi connectivity index (χ3n) is 7.14. The Labute approximate surface area is 253 Å². The number of halogens is 7. The van der Waals surface area contributed by atoms with Crippen LogP contribution in [0.5, 0.6) is 0 Å². The Bertz CT molecular complexity index is 1690. The topological polar surface area (TPSA) is 30.5 Å². The molecule has 6 radical (unpaired) electrons. The van der Waals surface area contributed by atoms with Gasteiger partial charge in [-0.2, -0.15) is 13.2 Å². The fraction of sp³-hybridized carbons (Fsp3) is 0.172. The summed E-state index contributed by atoms with van der Waals surface area (Å²) in [6.45, 7) is 10.9. The lowest BCUT2D eigenvalue weighted by atomic mass is 9.48. The van der Waals surface area contributed by atoms with E-state index in [1.165, 1.54) is 34.1 Å². The Kier molecular flexibility index (Phi) is 7.61. The molecule has 214 valence electrons. The maximum Gasteiger partial charge on any atom is 0.416 e. The fourth-order valence-electron chi connectivity index (χ4n) is 5.40. The summed E-state index contributed by atoms with van der Waals surface area (Å²) in [6, 6.07) is 6.43. The van der Waals surface area contributed by atoms with E-state index in [0.717, 1.165) is 12.1 Å². The highest BCUT2D eigenvalue weighted by Gasteiger charge is 2.43. The van der Waals surface area contributed by atoms with Crippen LogP contribution in [-0.2, 0) is 6.18 Å². The zero-order valence-corrected chi connectivity index (χ0v) is 23.2. The molecule has 0 fully saturated rings. The highest BCUT2D eigenvalue weighted by Crippen LogP contribution is 2.55. The van der Waals surface area contributed by atoms with Gasteiger partial charge in [-0.15, -0.1) is 0 Å². The van der Waals surface area contributed by atoms with Crippen molar-refractivity contribution in [3.63, 3.8) is 0 Å². The first-order valence-electron chi connectivity index (χ1n) is 12.7. The molecule has 4 nitrogen and oxygen atoms in total. The minimum atomic E-state index is -4.82. The second kappa shape index (κ2) is 10.7. The van der Waals surface area contributed by atoms with Crippen molar-refractivity contribution in [2.24, 2.45) is 0 Å². The second-order valence-corrected chi connectivity index (χ2v) is 10.5. The molecule has 3 aromatic carbocycles. The van der Waals surface area contributed by atoms with Gasteiger partial charge in [0.2, 0.25) is 0 Å². The van der Waals surface area contributed by atoms with E-state index in [0.29, 0.717) is 39.8 Å². The van der Waals surface area contributed by atoms with Crippen LogP contribution in [0.4, 0.5) is 43.4 Å². The number of nitrogens with one attached hydrogen (secondary N) is 2. The van der Waals surface area contributed by atoms with Crippen molar-refractivity contribution in [3.05, 3.63) is 112 Å². The van der Waals surface area contributed by atoms with Crippen LogP contribution in [0.3, 0.4) is 0 Å². The number of alkyl halides is 4. The molecule has 14 heteroatoms. The quantitative estimate of drug-likeness (QED) is 0.236. The van der Waals surface area contributed by atoms with Gasteiger partial charge in [-0.05, 0) is 42.5 Å². The number of fused-ring (bicyclic) bond motifs is 3. The number of anilines is 3. The largest absolute Gasteiger partial charge is 0.416 e. The summed E-state index contributed by atoms with van der Waals surface area (Å²) in [5, 5.41) is 4.30. The first-order valence-corrected chi connectivity index (χ1v) is 13.1. The number of benzene rings is 3.